The van der Waals surface area contributed by atoms with Crippen molar-refractivity contribution in [1.29, 1.82) is 5.26 Å². The third-order valence-electron chi connectivity index (χ3n) is 3.94. The number of hydrogen-bond donors (Lipinski definition) is 0. The van der Waals surface area contributed by atoms with Crippen molar-refractivity contribution in [2.75, 3.05) is 26.2 Å². The molecule has 0 N–H and O–H groups in total. The molecule has 0 unspecified atom stereocenters. The Bertz CT molecular complexity index is 186. The van der Waals surface area contributed by atoms with Gasteiger partial charge in [-0.15, -0.1) is 0 Å². The lowest BCUT2D eigenvalue weighted by atomic mass is 10.1. The van der Waals surface area contributed by atoms with Crippen LogP contribution in [0.4, 0.5) is 0 Å². The normalized spacial score (nSPS) is 10.6. The van der Waals surface area contributed by atoms with E-state index in [0.29, 0.717) is 0 Å². The molecule has 0 heterocycles. The van der Waals surface area contributed by atoms with Gasteiger partial charge < -0.3 is 4.48 Å². The Balaban J connectivity index is 0. The molecule has 0 saturated carbocycles. The number of rotatable bonds is 12. The fourth-order valence-corrected chi connectivity index (χ4v) is 2.64. The number of hydrogen-bond acceptors (Lipinski definition) is 1. The van der Waals surface area contributed by atoms with Gasteiger partial charge >= 0.3 is 0 Å². The monoisotopic (exact) mass is 279 g/mol. The van der Waals surface area contributed by atoms with Gasteiger partial charge in [0.15, 0.2) is 0 Å². The lowest BCUT2D eigenvalue weighted by molar-refractivity contribution is -0.929. The molecule has 0 atom stereocenters. The van der Waals surface area contributed by atoms with Crippen molar-refractivity contribution in [3.05, 3.63) is 0 Å². The zero-order chi connectivity index (χ0) is 15.7. The van der Waals surface area contributed by atoms with E-state index in [2.05, 4.69) is 35.5 Å². The fraction of sp³-hybridized carbons (Fsp3) is 0.941. The van der Waals surface area contributed by atoms with E-state index in [1.165, 1.54) is 88.0 Å². The molecule has 0 saturated heterocycles. The molecular formula is C17H36BN2+. The van der Waals surface area contributed by atoms with E-state index in [0.717, 1.165) is 0 Å². The van der Waals surface area contributed by atoms with E-state index in [1.54, 1.807) is 0 Å². The smallest absolute Gasteiger partial charge is 0.229 e. The van der Waals surface area contributed by atoms with Gasteiger partial charge in [-0.3, -0.25) is 0 Å². The summed E-state index contributed by atoms with van der Waals surface area (Å²) in [5, 5.41) is 7.10. The molecule has 116 valence electrons. The zero-order valence-electron chi connectivity index (χ0n) is 14.5. The first-order valence-corrected chi connectivity index (χ1v) is 8.61. The molecule has 0 aliphatic heterocycles. The molecule has 2 nitrogen and oxygen atoms in total. The van der Waals surface area contributed by atoms with Crippen molar-refractivity contribution in [3.63, 3.8) is 0 Å². The quantitative estimate of drug-likeness (QED) is 0.377. The van der Waals surface area contributed by atoms with E-state index >= 15 is 0 Å². The van der Waals surface area contributed by atoms with Crippen LogP contribution in [0.2, 0.25) is 0 Å². The minimum atomic E-state index is 1.25. The van der Waals surface area contributed by atoms with Crippen LogP contribution in [0.25, 0.3) is 0 Å². The number of nitriles is 1. The predicted octanol–water partition coefficient (Wildman–Crippen LogP) is 4.64. The maximum atomic E-state index is 7.10. The predicted molar refractivity (Wildman–Crippen MR) is 90.7 cm³/mol. The standard InChI is InChI=1S/C16H36N.CBN/c1-5-9-13-17(14-10-6-2,15-11-7-3)16-12-8-4;2-1-3/h5-16H2,1-4H3;/q+1;. The maximum Gasteiger partial charge on any atom is 0.229 e. The lowest BCUT2D eigenvalue weighted by Gasteiger charge is -2.39. The Kier molecular flexibility index (Phi) is 18.1. The molecule has 0 spiro atoms. The van der Waals surface area contributed by atoms with E-state index < -0.39 is 0 Å². The summed E-state index contributed by atoms with van der Waals surface area (Å²) in [6.45, 7) is 15.0. The maximum absolute atomic E-state index is 7.10. The summed E-state index contributed by atoms with van der Waals surface area (Å²) >= 11 is 0. The van der Waals surface area contributed by atoms with Crippen LogP contribution in [0.1, 0.15) is 79.1 Å². The topological polar surface area (TPSA) is 23.8 Å². The second-order valence-electron chi connectivity index (χ2n) is 5.78. The van der Waals surface area contributed by atoms with Crippen molar-refractivity contribution in [1.82, 2.24) is 0 Å². The molecule has 0 aromatic rings. The Morgan fingerprint density at radius 2 is 0.900 bits per heavy atom. The van der Waals surface area contributed by atoms with Crippen LogP contribution in [0.15, 0.2) is 0 Å². The highest BCUT2D eigenvalue weighted by Crippen LogP contribution is 2.16. The molecule has 0 fully saturated rings. The fourth-order valence-electron chi connectivity index (χ4n) is 2.64. The molecule has 0 amide bonds. The van der Waals surface area contributed by atoms with Crippen LogP contribution >= 0.6 is 0 Å². The first kappa shape index (κ1) is 21.8. The highest BCUT2D eigenvalue weighted by molar-refractivity contribution is 6.20. The van der Waals surface area contributed by atoms with Gasteiger partial charge in [-0.05, 0) is 31.7 Å². The molecule has 0 bridgehead atoms. The van der Waals surface area contributed by atoms with Crippen LogP contribution < -0.4 is 0 Å². The van der Waals surface area contributed by atoms with Crippen LogP contribution in [-0.2, 0) is 0 Å². The summed E-state index contributed by atoms with van der Waals surface area (Å²) in [5.41, 5.74) is 0. The summed E-state index contributed by atoms with van der Waals surface area (Å²) in [4.78, 5) is 0. The molecule has 0 rings (SSSR count). The average Bonchev–Trinajstić information content (AvgIpc) is 2.46. The number of unbranched alkanes of at least 4 members (excludes halogenated alkanes) is 4. The number of quaternary nitrogens is 1. The van der Waals surface area contributed by atoms with Crippen molar-refractivity contribution in [2.24, 2.45) is 0 Å². The minimum Gasteiger partial charge on any atom is -0.324 e. The van der Waals surface area contributed by atoms with E-state index in [4.69, 9.17) is 5.26 Å². The van der Waals surface area contributed by atoms with Crippen molar-refractivity contribution in [3.8, 4) is 5.97 Å². The molecule has 2 radical (unpaired) electrons. The largest absolute Gasteiger partial charge is 0.324 e. The molecule has 0 aliphatic rings. The molecule has 0 aromatic carbocycles. The van der Waals surface area contributed by atoms with Crippen LogP contribution in [-0.4, -0.2) is 38.5 Å². The summed E-state index contributed by atoms with van der Waals surface area (Å²) in [6, 6.07) is 0. The minimum absolute atomic E-state index is 1.25. The molecule has 0 aromatic heterocycles. The average molecular weight is 279 g/mol. The lowest BCUT2D eigenvalue weighted by Crippen LogP contribution is -2.50. The van der Waals surface area contributed by atoms with E-state index in [-0.39, 0.29) is 0 Å². The Hall–Kier alpha value is -0.485. The van der Waals surface area contributed by atoms with Crippen LogP contribution in [0.5, 0.6) is 0 Å². The second-order valence-corrected chi connectivity index (χ2v) is 5.78. The molecular weight excluding hydrogens is 243 g/mol. The zero-order valence-corrected chi connectivity index (χ0v) is 14.5. The van der Waals surface area contributed by atoms with Crippen LogP contribution in [0, 0.1) is 11.2 Å². The number of nitrogens with zero attached hydrogens (tertiary/aromatic N) is 2. The van der Waals surface area contributed by atoms with Gasteiger partial charge in [-0.2, -0.15) is 0 Å². The van der Waals surface area contributed by atoms with E-state index in [9.17, 15) is 0 Å². The van der Waals surface area contributed by atoms with Gasteiger partial charge in [-0.1, -0.05) is 53.4 Å². The van der Waals surface area contributed by atoms with Gasteiger partial charge in [0.25, 0.3) is 0 Å². The Labute approximate surface area is 129 Å². The van der Waals surface area contributed by atoms with Gasteiger partial charge in [0.2, 0.25) is 7.85 Å². The summed E-state index contributed by atoms with van der Waals surface area (Å²) in [6.07, 6.45) is 11.1. The molecule has 3 heteroatoms. The summed E-state index contributed by atoms with van der Waals surface area (Å²) < 4.78 is 1.42. The summed E-state index contributed by atoms with van der Waals surface area (Å²) in [5.74, 6) is 1.25. The van der Waals surface area contributed by atoms with Gasteiger partial charge in [0.05, 0.1) is 26.2 Å². The highest BCUT2D eigenvalue weighted by atomic mass is 15.3. The molecule has 20 heavy (non-hydrogen) atoms. The van der Waals surface area contributed by atoms with E-state index in [1.807, 2.05) is 0 Å². The SMILES string of the molecule is CCCC[N+](CCCC)(CCCC)CCCC.[B]C#N. The second kappa shape index (κ2) is 16.6. The Morgan fingerprint density at radius 1 is 0.700 bits per heavy atom. The highest BCUT2D eigenvalue weighted by Gasteiger charge is 2.24. The Morgan fingerprint density at radius 3 is 1.05 bits per heavy atom. The van der Waals surface area contributed by atoms with Crippen LogP contribution in [0.3, 0.4) is 0 Å². The first-order valence-electron chi connectivity index (χ1n) is 8.61. The third-order valence-corrected chi connectivity index (χ3v) is 3.94. The van der Waals surface area contributed by atoms with Crippen molar-refractivity contribution in [2.45, 2.75) is 79.1 Å². The van der Waals surface area contributed by atoms with Gasteiger partial charge in [0.1, 0.15) is 0 Å². The van der Waals surface area contributed by atoms with Crippen molar-refractivity contribution < 1.29 is 4.48 Å². The van der Waals surface area contributed by atoms with Gasteiger partial charge in [0, 0.05) is 0 Å². The molecule has 0 aliphatic carbocycles. The first-order chi connectivity index (χ1) is 9.66. The van der Waals surface area contributed by atoms with Gasteiger partial charge in [-0.25, -0.2) is 5.26 Å². The summed E-state index contributed by atoms with van der Waals surface area (Å²) in [7, 11) is 4.15. The third kappa shape index (κ3) is 12.5. The van der Waals surface area contributed by atoms with Crippen molar-refractivity contribution >= 4 is 7.85 Å².